The topological polar surface area (TPSA) is 67.2 Å². The van der Waals surface area contributed by atoms with Crippen molar-refractivity contribution in [2.75, 3.05) is 0 Å². The second-order valence-corrected chi connectivity index (χ2v) is 1.61. The summed E-state index contributed by atoms with van der Waals surface area (Å²) in [5, 5.41) is 0.0557. The number of hydrogen-bond acceptors (Lipinski definition) is 2. The van der Waals surface area contributed by atoms with Crippen molar-refractivity contribution in [1.29, 1.82) is 0 Å². The zero-order valence-electron chi connectivity index (χ0n) is 4.39. The summed E-state index contributed by atoms with van der Waals surface area (Å²) in [4.78, 5) is 10.1. The van der Waals surface area contributed by atoms with E-state index in [0.717, 1.165) is 0 Å². The lowest BCUT2D eigenvalue weighted by Crippen LogP contribution is -2.43. The van der Waals surface area contributed by atoms with Crippen LogP contribution in [0, 0.1) is 0 Å². The van der Waals surface area contributed by atoms with Gasteiger partial charge in [-0.3, -0.25) is 15.6 Å². The fourth-order valence-corrected chi connectivity index (χ4v) is 0.201. The first-order chi connectivity index (χ1) is 3.63. The number of amides is 1. The van der Waals surface area contributed by atoms with Crippen LogP contribution in [-0.2, 0) is 4.79 Å². The first kappa shape index (κ1) is 7.16. The molecule has 1 amide bonds. The third kappa shape index (κ3) is 5.16. The summed E-state index contributed by atoms with van der Waals surface area (Å²) in [5.74, 6) is -0.224. The molecule has 0 heterocycles. The Morgan fingerprint density at radius 3 is 2.25 bits per heavy atom. The molecular formula is C3H7N3OS. The minimum Gasteiger partial charge on any atom is -0.375 e. The van der Waals surface area contributed by atoms with Gasteiger partial charge < -0.3 is 5.73 Å². The number of hydrogen-bond donors (Lipinski definition) is 3. The van der Waals surface area contributed by atoms with Crippen LogP contribution in [0.4, 0.5) is 0 Å². The highest BCUT2D eigenvalue weighted by atomic mass is 32.1. The van der Waals surface area contributed by atoms with E-state index >= 15 is 0 Å². The summed E-state index contributed by atoms with van der Waals surface area (Å²) in [6, 6.07) is 0. The van der Waals surface area contributed by atoms with E-state index < -0.39 is 0 Å². The summed E-state index contributed by atoms with van der Waals surface area (Å²) in [5.41, 5.74) is 9.39. The molecule has 0 aliphatic rings. The largest absolute Gasteiger partial charge is 0.375 e. The summed E-state index contributed by atoms with van der Waals surface area (Å²) in [6.45, 7) is 1.35. The Balaban J connectivity index is 3.18. The fourth-order valence-electron chi connectivity index (χ4n) is 0.150. The number of carbonyl (C=O) groups is 1. The normalized spacial score (nSPS) is 7.62. The maximum Gasteiger partial charge on any atom is 0.235 e. The van der Waals surface area contributed by atoms with Gasteiger partial charge in [-0.2, -0.15) is 0 Å². The van der Waals surface area contributed by atoms with Crippen LogP contribution < -0.4 is 16.6 Å². The minimum absolute atomic E-state index is 0.0557. The van der Waals surface area contributed by atoms with Crippen molar-refractivity contribution in [1.82, 2.24) is 10.9 Å². The zero-order chi connectivity index (χ0) is 6.57. The SMILES string of the molecule is CC(=O)NNC(N)=S. The van der Waals surface area contributed by atoms with Crippen LogP contribution in [-0.4, -0.2) is 11.0 Å². The Morgan fingerprint density at radius 1 is 1.62 bits per heavy atom. The van der Waals surface area contributed by atoms with E-state index in [1.165, 1.54) is 6.92 Å². The van der Waals surface area contributed by atoms with Crippen molar-refractivity contribution >= 4 is 23.2 Å². The van der Waals surface area contributed by atoms with Crippen LogP contribution in [0.5, 0.6) is 0 Å². The molecule has 0 atom stereocenters. The van der Waals surface area contributed by atoms with Crippen molar-refractivity contribution in [2.24, 2.45) is 5.73 Å². The lowest BCUT2D eigenvalue weighted by atomic mass is 10.8. The monoisotopic (exact) mass is 133 g/mol. The highest BCUT2D eigenvalue weighted by Crippen LogP contribution is 1.53. The van der Waals surface area contributed by atoms with Crippen molar-refractivity contribution in [3.05, 3.63) is 0 Å². The molecule has 0 spiro atoms. The third-order valence-electron chi connectivity index (χ3n) is 0.362. The Labute approximate surface area is 52.4 Å². The lowest BCUT2D eigenvalue weighted by Gasteiger charge is -2.00. The van der Waals surface area contributed by atoms with Gasteiger partial charge in [0.2, 0.25) is 5.91 Å². The van der Waals surface area contributed by atoms with Crippen LogP contribution in [0.2, 0.25) is 0 Å². The molecule has 0 aromatic rings. The predicted molar refractivity (Wildman–Crippen MR) is 33.7 cm³/mol. The van der Waals surface area contributed by atoms with Gasteiger partial charge in [0.25, 0.3) is 0 Å². The average Bonchev–Trinajstić information content (AvgIpc) is 1.61. The van der Waals surface area contributed by atoms with Gasteiger partial charge in [-0.25, -0.2) is 0 Å². The number of thiocarbonyl (C=S) groups is 1. The minimum atomic E-state index is -0.224. The molecule has 0 saturated carbocycles. The van der Waals surface area contributed by atoms with E-state index in [0.29, 0.717) is 0 Å². The maximum atomic E-state index is 10.1. The molecule has 0 rings (SSSR count). The fraction of sp³-hybridized carbons (Fsp3) is 0.333. The number of carbonyl (C=O) groups excluding carboxylic acids is 1. The molecule has 4 N–H and O–H groups in total. The smallest absolute Gasteiger partial charge is 0.235 e. The Hall–Kier alpha value is -0.840. The van der Waals surface area contributed by atoms with Gasteiger partial charge in [0.05, 0.1) is 0 Å². The molecule has 5 heteroatoms. The van der Waals surface area contributed by atoms with Crippen LogP contribution in [0.1, 0.15) is 6.92 Å². The van der Waals surface area contributed by atoms with Gasteiger partial charge in [0.1, 0.15) is 0 Å². The van der Waals surface area contributed by atoms with Gasteiger partial charge in [-0.15, -0.1) is 0 Å². The molecule has 0 bridgehead atoms. The molecule has 0 aliphatic heterocycles. The summed E-state index contributed by atoms with van der Waals surface area (Å²) >= 11 is 4.37. The Morgan fingerprint density at radius 2 is 2.12 bits per heavy atom. The van der Waals surface area contributed by atoms with E-state index in [-0.39, 0.29) is 11.0 Å². The molecule has 0 aromatic heterocycles. The molecule has 0 saturated heterocycles. The molecule has 0 aliphatic carbocycles. The number of rotatable bonds is 0. The molecule has 46 valence electrons. The first-order valence-corrected chi connectivity index (χ1v) is 2.36. The highest BCUT2D eigenvalue weighted by Gasteiger charge is 1.86. The summed E-state index contributed by atoms with van der Waals surface area (Å²) in [6.07, 6.45) is 0. The van der Waals surface area contributed by atoms with Crippen LogP contribution >= 0.6 is 12.2 Å². The van der Waals surface area contributed by atoms with E-state index in [4.69, 9.17) is 5.73 Å². The summed E-state index contributed by atoms with van der Waals surface area (Å²) in [7, 11) is 0. The van der Waals surface area contributed by atoms with E-state index in [1.54, 1.807) is 0 Å². The van der Waals surface area contributed by atoms with E-state index in [2.05, 4.69) is 23.1 Å². The zero-order valence-corrected chi connectivity index (χ0v) is 5.21. The summed E-state index contributed by atoms with van der Waals surface area (Å²) < 4.78 is 0. The second kappa shape index (κ2) is 3.20. The maximum absolute atomic E-state index is 10.1. The predicted octanol–water partition coefficient (Wildman–Crippen LogP) is -1.13. The van der Waals surface area contributed by atoms with Crippen LogP contribution in [0.15, 0.2) is 0 Å². The molecule has 0 aromatic carbocycles. The molecular weight excluding hydrogens is 126 g/mol. The molecule has 4 nitrogen and oxygen atoms in total. The molecule has 8 heavy (non-hydrogen) atoms. The van der Waals surface area contributed by atoms with Crippen molar-refractivity contribution in [3.8, 4) is 0 Å². The van der Waals surface area contributed by atoms with Gasteiger partial charge in [-0.1, -0.05) is 0 Å². The Bertz CT molecular complexity index is 99.1. The standard InChI is InChI=1S/C3H7N3OS/c1-2(7)5-6-3(4)8/h1H3,(H,5,7)(H3,4,6,8). The quantitative estimate of drug-likeness (QED) is 0.289. The Kier molecular flexibility index (Phi) is 2.86. The van der Waals surface area contributed by atoms with Crippen molar-refractivity contribution in [3.63, 3.8) is 0 Å². The van der Waals surface area contributed by atoms with Gasteiger partial charge in [-0.05, 0) is 12.2 Å². The first-order valence-electron chi connectivity index (χ1n) is 1.95. The number of nitrogens with one attached hydrogen (secondary N) is 2. The molecule has 0 radical (unpaired) electrons. The van der Waals surface area contributed by atoms with E-state index in [1.807, 2.05) is 0 Å². The third-order valence-corrected chi connectivity index (χ3v) is 0.464. The van der Waals surface area contributed by atoms with Gasteiger partial charge in [0, 0.05) is 6.92 Å². The number of hydrazine groups is 1. The van der Waals surface area contributed by atoms with Crippen LogP contribution in [0.3, 0.4) is 0 Å². The van der Waals surface area contributed by atoms with Crippen molar-refractivity contribution < 1.29 is 4.79 Å². The van der Waals surface area contributed by atoms with Gasteiger partial charge >= 0.3 is 0 Å². The molecule has 0 unspecified atom stereocenters. The average molecular weight is 133 g/mol. The van der Waals surface area contributed by atoms with E-state index in [9.17, 15) is 4.79 Å². The van der Waals surface area contributed by atoms with Crippen LogP contribution in [0.25, 0.3) is 0 Å². The number of nitrogens with two attached hydrogens (primary N) is 1. The molecule has 0 fully saturated rings. The van der Waals surface area contributed by atoms with Gasteiger partial charge in [0.15, 0.2) is 5.11 Å². The highest BCUT2D eigenvalue weighted by molar-refractivity contribution is 7.80. The second-order valence-electron chi connectivity index (χ2n) is 1.17. The lowest BCUT2D eigenvalue weighted by molar-refractivity contribution is -0.119. The van der Waals surface area contributed by atoms with Crippen molar-refractivity contribution in [2.45, 2.75) is 6.92 Å².